The van der Waals surface area contributed by atoms with Crippen molar-refractivity contribution >= 4 is 23.3 Å². The van der Waals surface area contributed by atoms with E-state index in [4.69, 9.17) is 11.6 Å². The second-order valence-corrected chi connectivity index (χ2v) is 3.64. The van der Waals surface area contributed by atoms with Crippen LogP contribution in [-0.4, -0.2) is 24.1 Å². The molecule has 0 aliphatic heterocycles. The number of halogens is 1. The number of amides is 1. The molecule has 0 radical (unpaired) electrons. The molecule has 0 bridgehead atoms. The Morgan fingerprint density at radius 3 is 2.50 bits per heavy atom. The van der Waals surface area contributed by atoms with Gasteiger partial charge in [0.05, 0.1) is 0 Å². The Hall–Kier alpha value is -1.35. The van der Waals surface area contributed by atoms with Crippen molar-refractivity contribution in [1.29, 1.82) is 0 Å². The van der Waals surface area contributed by atoms with Crippen LogP contribution in [-0.2, 0) is 4.79 Å². The molecule has 0 heterocycles. The molecular formula is C12H14ClNO2. The van der Waals surface area contributed by atoms with Crippen molar-refractivity contribution < 1.29 is 9.59 Å². The number of hydrogen-bond acceptors (Lipinski definition) is 2. The molecule has 0 aliphatic rings. The summed E-state index contributed by atoms with van der Waals surface area (Å²) < 4.78 is 0. The Kier molecular flexibility index (Phi) is 5.57. The van der Waals surface area contributed by atoms with E-state index in [-0.39, 0.29) is 17.6 Å². The molecule has 1 aromatic rings. The molecule has 0 fully saturated rings. The van der Waals surface area contributed by atoms with Gasteiger partial charge in [0.25, 0.3) is 0 Å². The smallest absolute Gasteiger partial charge is 0.234 e. The fraction of sp³-hybridized carbons (Fsp3) is 0.333. The number of ketones is 1. The van der Waals surface area contributed by atoms with Gasteiger partial charge in [0.1, 0.15) is 5.88 Å². The zero-order chi connectivity index (χ0) is 11.8. The van der Waals surface area contributed by atoms with E-state index in [2.05, 4.69) is 5.32 Å². The Morgan fingerprint density at radius 2 is 1.88 bits per heavy atom. The second kappa shape index (κ2) is 7.01. The van der Waals surface area contributed by atoms with Crippen molar-refractivity contribution in [1.82, 2.24) is 5.32 Å². The lowest BCUT2D eigenvalue weighted by atomic mass is 10.1. The van der Waals surface area contributed by atoms with Crippen molar-refractivity contribution in [2.75, 3.05) is 12.4 Å². The quantitative estimate of drug-likeness (QED) is 0.469. The molecule has 86 valence electrons. The van der Waals surface area contributed by atoms with E-state index in [0.29, 0.717) is 24.9 Å². The monoisotopic (exact) mass is 239 g/mol. The highest BCUT2D eigenvalue weighted by Gasteiger charge is 2.04. The van der Waals surface area contributed by atoms with Crippen LogP contribution in [0.5, 0.6) is 0 Å². The molecule has 4 heteroatoms. The topological polar surface area (TPSA) is 46.2 Å². The average Bonchev–Trinajstić information content (AvgIpc) is 2.35. The number of nitrogens with one attached hydrogen (secondary N) is 1. The largest absolute Gasteiger partial charge is 0.355 e. The number of benzene rings is 1. The van der Waals surface area contributed by atoms with E-state index in [1.165, 1.54) is 0 Å². The van der Waals surface area contributed by atoms with Crippen molar-refractivity contribution in [3.05, 3.63) is 35.9 Å². The Balaban J connectivity index is 2.24. The first-order valence-corrected chi connectivity index (χ1v) is 5.68. The van der Waals surface area contributed by atoms with Crippen molar-refractivity contribution in [2.45, 2.75) is 12.8 Å². The number of rotatable bonds is 6. The van der Waals surface area contributed by atoms with Crippen LogP contribution < -0.4 is 5.32 Å². The number of alkyl halides is 1. The van der Waals surface area contributed by atoms with E-state index < -0.39 is 0 Å². The van der Waals surface area contributed by atoms with Crippen molar-refractivity contribution in [2.24, 2.45) is 0 Å². The van der Waals surface area contributed by atoms with Gasteiger partial charge in [-0.3, -0.25) is 9.59 Å². The lowest BCUT2D eigenvalue weighted by Crippen LogP contribution is -2.25. The van der Waals surface area contributed by atoms with Gasteiger partial charge in [-0.25, -0.2) is 0 Å². The van der Waals surface area contributed by atoms with Crippen LogP contribution in [0, 0.1) is 0 Å². The molecular weight excluding hydrogens is 226 g/mol. The maximum absolute atomic E-state index is 11.6. The minimum absolute atomic E-state index is 0.0351. The van der Waals surface area contributed by atoms with Crippen LogP contribution in [0.4, 0.5) is 0 Å². The van der Waals surface area contributed by atoms with Gasteiger partial charge < -0.3 is 5.32 Å². The lowest BCUT2D eigenvalue weighted by Gasteiger charge is -2.02. The summed E-state index contributed by atoms with van der Waals surface area (Å²) in [6.07, 6.45) is 1.07. The highest BCUT2D eigenvalue weighted by Crippen LogP contribution is 2.04. The summed E-state index contributed by atoms with van der Waals surface area (Å²) in [4.78, 5) is 22.4. The molecule has 1 rings (SSSR count). The first-order chi connectivity index (χ1) is 7.74. The molecule has 0 spiro atoms. The van der Waals surface area contributed by atoms with Gasteiger partial charge in [0, 0.05) is 18.5 Å². The molecule has 0 saturated heterocycles. The van der Waals surface area contributed by atoms with Gasteiger partial charge in [-0.05, 0) is 6.42 Å². The zero-order valence-electron chi connectivity index (χ0n) is 8.91. The van der Waals surface area contributed by atoms with Gasteiger partial charge in [-0.2, -0.15) is 0 Å². The highest BCUT2D eigenvalue weighted by molar-refractivity contribution is 6.27. The molecule has 16 heavy (non-hydrogen) atoms. The van der Waals surface area contributed by atoms with Gasteiger partial charge in [-0.15, -0.1) is 11.6 Å². The van der Waals surface area contributed by atoms with Crippen LogP contribution in [0.1, 0.15) is 23.2 Å². The molecule has 0 unspecified atom stereocenters. The van der Waals surface area contributed by atoms with E-state index >= 15 is 0 Å². The summed E-state index contributed by atoms with van der Waals surface area (Å²) in [7, 11) is 0. The number of carbonyl (C=O) groups is 2. The first-order valence-electron chi connectivity index (χ1n) is 5.15. The first kappa shape index (κ1) is 12.7. The maximum Gasteiger partial charge on any atom is 0.234 e. The molecule has 1 amide bonds. The number of Topliss-reactive ketones (excluding diaryl/α,β-unsaturated/α-hetero) is 1. The molecule has 0 saturated carbocycles. The van der Waals surface area contributed by atoms with Crippen LogP contribution in [0.15, 0.2) is 30.3 Å². The van der Waals surface area contributed by atoms with Crippen molar-refractivity contribution in [3.8, 4) is 0 Å². The van der Waals surface area contributed by atoms with E-state index in [0.717, 1.165) is 0 Å². The van der Waals surface area contributed by atoms with E-state index in [1.807, 2.05) is 18.2 Å². The Morgan fingerprint density at radius 1 is 1.19 bits per heavy atom. The van der Waals surface area contributed by atoms with Crippen LogP contribution in [0.25, 0.3) is 0 Å². The molecule has 3 nitrogen and oxygen atoms in total. The molecule has 0 atom stereocenters. The third-order valence-electron chi connectivity index (χ3n) is 2.12. The summed E-state index contributed by atoms with van der Waals surface area (Å²) in [6, 6.07) is 9.13. The fourth-order valence-corrected chi connectivity index (χ4v) is 1.39. The molecule has 1 N–H and O–H groups in total. The summed E-state index contributed by atoms with van der Waals surface area (Å²) in [5.74, 6) is -0.137. The molecule has 0 aromatic heterocycles. The number of hydrogen-bond donors (Lipinski definition) is 1. The maximum atomic E-state index is 11.6. The molecule has 0 aliphatic carbocycles. The summed E-state index contributed by atoms with van der Waals surface area (Å²) in [5, 5.41) is 2.62. The minimum Gasteiger partial charge on any atom is -0.355 e. The third-order valence-corrected chi connectivity index (χ3v) is 2.36. The standard InChI is InChI=1S/C12H14ClNO2/c13-9-12(16)14-8-4-7-11(15)10-5-2-1-3-6-10/h1-3,5-6H,4,7-9H2,(H,14,16). The van der Waals surface area contributed by atoms with Crippen LogP contribution in [0.2, 0.25) is 0 Å². The zero-order valence-corrected chi connectivity index (χ0v) is 9.67. The third kappa shape index (κ3) is 4.45. The Bertz CT molecular complexity index is 351. The van der Waals surface area contributed by atoms with Crippen molar-refractivity contribution in [3.63, 3.8) is 0 Å². The lowest BCUT2D eigenvalue weighted by molar-refractivity contribution is -0.118. The predicted octanol–water partition coefficient (Wildman–Crippen LogP) is 2.00. The van der Waals surface area contributed by atoms with Crippen LogP contribution in [0.3, 0.4) is 0 Å². The highest BCUT2D eigenvalue weighted by atomic mass is 35.5. The summed E-state index contributed by atoms with van der Waals surface area (Å²) in [5.41, 5.74) is 0.714. The fourth-order valence-electron chi connectivity index (χ4n) is 1.29. The predicted molar refractivity (Wildman–Crippen MR) is 63.7 cm³/mol. The van der Waals surface area contributed by atoms with Gasteiger partial charge in [0.15, 0.2) is 5.78 Å². The normalized spacial score (nSPS) is 9.81. The Labute approximate surface area is 99.8 Å². The second-order valence-electron chi connectivity index (χ2n) is 3.38. The minimum atomic E-state index is -0.200. The van der Waals surface area contributed by atoms with Gasteiger partial charge >= 0.3 is 0 Å². The SMILES string of the molecule is O=C(CCl)NCCCC(=O)c1ccccc1. The van der Waals surface area contributed by atoms with E-state index in [9.17, 15) is 9.59 Å². The van der Waals surface area contributed by atoms with Gasteiger partial charge in [-0.1, -0.05) is 30.3 Å². The van der Waals surface area contributed by atoms with Gasteiger partial charge in [0.2, 0.25) is 5.91 Å². The number of carbonyl (C=O) groups excluding carboxylic acids is 2. The van der Waals surface area contributed by atoms with Crippen LogP contribution >= 0.6 is 11.6 Å². The molecule has 1 aromatic carbocycles. The van der Waals surface area contributed by atoms with E-state index in [1.54, 1.807) is 12.1 Å². The summed E-state index contributed by atoms with van der Waals surface area (Å²) >= 11 is 5.31. The average molecular weight is 240 g/mol. The summed E-state index contributed by atoms with van der Waals surface area (Å²) in [6.45, 7) is 0.490.